The van der Waals surface area contributed by atoms with Gasteiger partial charge in [0.1, 0.15) is 0 Å². The maximum Gasteiger partial charge on any atom is 0.0558 e. The average molecular weight is 270 g/mol. The van der Waals surface area contributed by atoms with Crippen molar-refractivity contribution in [1.29, 1.82) is 0 Å². The van der Waals surface area contributed by atoms with Crippen molar-refractivity contribution in [3.63, 3.8) is 0 Å². The van der Waals surface area contributed by atoms with E-state index in [2.05, 4.69) is 37.5 Å². The number of hydrogen-bond acceptors (Lipinski definition) is 4. The van der Waals surface area contributed by atoms with E-state index < -0.39 is 0 Å². The van der Waals surface area contributed by atoms with Gasteiger partial charge in [-0.2, -0.15) is 0 Å². The standard InChI is InChI=1S/C15H30N2O2/c1-12-9-15(11-16(5-7-18)6-8-19)10-13(15)17(12)14(2,3)4/h12-13,18-19H,5-11H2,1-4H3/t12-,13-,15+/m1/s1. The minimum atomic E-state index is 0.180. The van der Waals surface area contributed by atoms with Gasteiger partial charge in [-0.05, 0) is 40.5 Å². The SMILES string of the molecule is C[C@@H]1C[C@@]2(CN(CCO)CCO)C[C@H]2N1C(C)(C)C. The summed E-state index contributed by atoms with van der Waals surface area (Å²) in [6.45, 7) is 12.0. The Morgan fingerprint density at radius 1 is 1.16 bits per heavy atom. The first-order valence-corrected chi connectivity index (χ1v) is 7.56. The molecule has 2 N–H and O–H groups in total. The molecule has 4 nitrogen and oxygen atoms in total. The molecule has 1 aliphatic carbocycles. The highest BCUT2D eigenvalue weighted by Crippen LogP contribution is 2.61. The van der Waals surface area contributed by atoms with E-state index in [1.807, 2.05) is 0 Å². The summed E-state index contributed by atoms with van der Waals surface area (Å²) in [5.74, 6) is 0. The van der Waals surface area contributed by atoms with Crippen LogP contribution in [0, 0.1) is 5.41 Å². The molecular weight excluding hydrogens is 240 g/mol. The topological polar surface area (TPSA) is 46.9 Å². The molecule has 0 aromatic heterocycles. The second-order valence-corrected chi connectivity index (χ2v) is 7.44. The Kier molecular flexibility index (Phi) is 4.26. The molecule has 0 aromatic carbocycles. The van der Waals surface area contributed by atoms with Gasteiger partial charge in [0.15, 0.2) is 0 Å². The van der Waals surface area contributed by atoms with Crippen molar-refractivity contribution < 1.29 is 10.2 Å². The van der Waals surface area contributed by atoms with E-state index in [9.17, 15) is 0 Å². The number of rotatable bonds is 6. The summed E-state index contributed by atoms with van der Waals surface area (Å²) in [6.07, 6.45) is 2.53. The number of aliphatic hydroxyl groups is 2. The Hall–Kier alpha value is -0.160. The maximum absolute atomic E-state index is 9.13. The van der Waals surface area contributed by atoms with Crippen LogP contribution in [-0.2, 0) is 0 Å². The molecule has 1 saturated carbocycles. The Labute approximate surface area is 117 Å². The Bertz CT molecular complexity index is 310. The molecule has 0 aromatic rings. The zero-order valence-electron chi connectivity index (χ0n) is 12.9. The molecular formula is C15H30N2O2. The summed E-state index contributed by atoms with van der Waals surface area (Å²) in [7, 11) is 0. The fourth-order valence-corrected chi connectivity index (χ4v) is 4.29. The van der Waals surface area contributed by atoms with Gasteiger partial charge >= 0.3 is 0 Å². The molecule has 2 fully saturated rings. The molecule has 2 rings (SSSR count). The molecule has 2 aliphatic rings. The van der Waals surface area contributed by atoms with Gasteiger partial charge < -0.3 is 10.2 Å². The Morgan fingerprint density at radius 2 is 1.74 bits per heavy atom. The lowest BCUT2D eigenvalue weighted by Crippen LogP contribution is -2.45. The van der Waals surface area contributed by atoms with Gasteiger partial charge in [-0.15, -0.1) is 0 Å². The first-order valence-electron chi connectivity index (χ1n) is 7.56. The summed E-state index contributed by atoms with van der Waals surface area (Å²) in [4.78, 5) is 4.89. The maximum atomic E-state index is 9.13. The smallest absolute Gasteiger partial charge is 0.0558 e. The van der Waals surface area contributed by atoms with Gasteiger partial charge in [0, 0.05) is 42.7 Å². The summed E-state index contributed by atoms with van der Waals surface area (Å²) in [5, 5.41) is 18.3. The third-order valence-corrected chi connectivity index (χ3v) is 4.80. The lowest BCUT2D eigenvalue weighted by molar-refractivity contribution is 0.104. The molecule has 112 valence electrons. The number of nitrogens with zero attached hydrogens (tertiary/aromatic N) is 2. The number of hydrogen-bond donors (Lipinski definition) is 2. The van der Waals surface area contributed by atoms with Crippen molar-refractivity contribution in [2.45, 2.75) is 58.2 Å². The second-order valence-electron chi connectivity index (χ2n) is 7.44. The van der Waals surface area contributed by atoms with Crippen LogP contribution in [0.1, 0.15) is 40.5 Å². The first kappa shape index (κ1) is 15.2. The van der Waals surface area contributed by atoms with Crippen LogP contribution in [0.4, 0.5) is 0 Å². The zero-order chi connectivity index (χ0) is 14.3. The predicted octanol–water partition coefficient (Wildman–Crippen LogP) is 0.924. The van der Waals surface area contributed by atoms with Crippen LogP contribution in [0.2, 0.25) is 0 Å². The zero-order valence-corrected chi connectivity index (χ0v) is 12.9. The molecule has 0 amide bonds. The third kappa shape index (κ3) is 2.97. The fourth-order valence-electron chi connectivity index (χ4n) is 4.29. The van der Waals surface area contributed by atoms with Crippen LogP contribution in [-0.4, -0.2) is 70.5 Å². The highest BCUT2D eigenvalue weighted by Gasteiger charge is 2.65. The van der Waals surface area contributed by atoms with Gasteiger partial charge in [0.2, 0.25) is 0 Å². The van der Waals surface area contributed by atoms with Crippen LogP contribution in [0.5, 0.6) is 0 Å². The lowest BCUT2D eigenvalue weighted by atomic mass is 9.99. The molecule has 1 heterocycles. The largest absolute Gasteiger partial charge is 0.395 e. The lowest BCUT2D eigenvalue weighted by Gasteiger charge is -2.37. The minimum Gasteiger partial charge on any atom is -0.395 e. The van der Waals surface area contributed by atoms with E-state index in [1.54, 1.807) is 0 Å². The van der Waals surface area contributed by atoms with E-state index in [1.165, 1.54) is 12.8 Å². The van der Waals surface area contributed by atoms with Gasteiger partial charge in [-0.25, -0.2) is 0 Å². The van der Waals surface area contributed by atoms with Crippen LogP contribution in [0.3, 0.4) is 0 Å². The average Bonchev–Trinajstić information content (AvgIpc) is 2.82. The summed E-state index contributed by atoms with van der Waals surface area (Å²) < 4.78 is 0. The van der Waals surface area contributed by atoms with Gasteiger partial charge in [-0.1, -0.05) is 0 Å². The number of aliphatic hydroxyl groups excluding tert-OH is 2. The van der Waals surface area contributed by atoms with Crippen LogP contribution < -0.4 is 0 Å². The summed E-state index contributed by atoms with van der Waals surface area (Å²) in [5.41, 5.74) is 0.651. The van der Waals surface area contributed by atoms with Crippen LogP contribution in [0.25, 0.3) is 0 Å². The van der Waals surface area contributed by atoms with Crippen molar-refractivity contribution >= 4 is 0 Å². The summed E-state index contributed by atoms with van der Waals surface area (Å²) >= 11 is 0. The molecule has 19 heavy (non-hydrogen) atoms. The Balaban J connectivity index is 2.00. The monoisotopic (exact) mass is 270 g/mol. The second kappa shape index (κ2) is 5.32. The van der Waals surface area contributed by atoms with Crippen molar-refractivity contribution in [2.24, 2.45) is 5.41 Å². The molecule has 4 heteroatoms. The van der Waals surface area contributed by atoms with Crippen LogP contribution >= 0.6 is 0 Å². The minimum absolute atomic E-state index is 0.180. The van der Waals surface area contributed by atoms with Gasteiger partial charge in [0.25, 0.3) is 0 Å². The van der Waals surface area contributed by atoms with E-state index in [4.69, 9.17) is 10.2 Å². The quantitative estimate of drug-likeness (QED) is 0.753. The molecule has 1 saturated heterocycles. The number of fused-ring (bicyclic) bond motifs is 1. The summed E-state index contributed by atoms with van der Waals surface area (Å²) in [6, 6.07) is 1.34. The van der Waals surface area contributed by atoms with Crippen molar-refractivity contribution in [3.05, 3.63) is 0 Å². The van der Waals surface area contributed by atoms with Gasteiger partial charge in [0.05, 0.1) is 13.2 Å². The molecule has 1 aliphatic heterocycles. The van der Waals surface area contributed by atoms with Gasteiger partial charge in [-0.3, -0.25) is 9.80 Å². The molecule has 3 atom stereocenters. The van der Waals surface area contributed by atoms with Crippen LogP contribution in [0.15, 0.2) is 0 Å². The van der Waals surface area contributed by atoms with E-state index in [0.29, 0.717) is 30.6 Å². The molecule has 0 radical (unpaired) electrons. The Morgan fingerprint density at radius 3 is 2.16 bits per heavy atom. The van der Waals surface area contributed by atoms with Crippen molar-refractivity contribution in [2.75, 3.05) is 32.8 Å². The van der Waals surface area contributed by atoms with Crippen molar-refractivity contribution in [3.8, 4) is 0 Å². The highest BCUT2D eigenvalue weighted by molar-refractivity contribution is 5.19. The molecule has 0 bridgehead atoms. The van der Waals surface area contributed by atoms with E-state index >= 15 is 0 Å². The molecule has 0 spiro atoms. The van der Waals surface area contributed by atoms with E-state index in [-0.39, 0.29) is 18.8 Å². The van der Waals surface area contributed by atoms with Crippen molar-refractivity contribution in [1.82, 2.24) is 9.80 Å². The third-order valence-electron chi connectivity index (χ3n) is 4.80. The highest BCUT2D eigenvalue weighted by atomic mass is 16.3. The first-order chi connectivity index (χ1) is 8.84. The predicted molar refractivity (Wildman–Crippen MR) is 77.1 cm³/mol. The number of likely N-dealkylation sites (tertiary alicyclic amines) is 1. The van der Waals surface area contributed by atoms with E-state index in [0.717, 1.165) is 6.54 Å². The normalized spacial score (nSPS) is 34.9. The fraction of sp³-hybridized carbons (Fsp3) is 1.00. The molecule has 0 unspecified atom stereocenters. The number of piperidine rings is 1.